The summed E-state index contributed by atoms with van der Waals surface area (Å²) >= 11 is 0. The molecule has 15 atom stereocenters. The molecule has 47 heteroatoms. The topological polar surface area (TPSA) is 788 Å². The van der Waals surface area contributed by atoms with Gasteiger partial charge in [0.2, 0.25) is 88.6 Å². The van der Waals surface area contributed by atoms with Crippen LogP contribution in [-0.4, -0.2) is 258 Å². The van der Waals surface area contributed by atoms with Crippen molar-refractivity contribution >= 4 is 106 Å². The average Bonchev–Trinajstić information content (AvgIpc) is 1.55. The zero-order valence-electron chi connectivity index (χ0n) is 82.4. The number of phenolic OH excluding ortho intramolecular Hbond substituents is 2. The van der Waals surface area contributed by atoms with Crippen molar-refractivity contribution in [3.63, 3.8) is 0 Å². The van der Waals surface area contributed by atoms with Crippen molar-refractivity contribution in [3.05, 3.63) is 132 Å². The number of aliphatic hydroxyl groups is 2. The predicted molar refractivity (Wildman–Crippen MR) is 532 cm³/mol. The Morgan fingerprint density at radius 3 is 1.08 bits per heavy atom. The van der Waals surface area contributed by atoms with Crippen molar-refractivity contribution in [2.75, 3.05) is 26.2 Å². The van der Waals surface area contributed by atoms with E-state index < -0.39 is 222 Å². The third-order valence-electron chi connectivity index (χ3n) is 23.6. The molecule has 5 aromatic rings. The van der Waals surface area contributed by atoms with Crippen molar-refractivity contribution in [2.45, 2.75) is 306 Å². The number of aromatic amines is 2. The molecular formula is C96H150N28O19. The van der Waals surface area contributed by atoms with E-state index in [9.17, 15) is 78.0 Å². The number of carbonyl (C=O) groups is 15. The molecule has 3 aromatic carbocycles. The molecule has 0 saturated carbocycles. The zero-order chi connectivity index (χ0) is 105. The number of aromatic hydroxyl groups is 2. The normalized spacial score (nSPS) is 14.3. The molecule has 5 rings (SSSR count). The third kappa shape index (κ3) is 46.6. The number of H-pyrrole nitrogens is 2. The fraction of sp³-hybridized carbons (Fsp3) is 0.562. The Morgan fingerprint density at radius 1 is 0.364 bits per heavy atom. The number of benzene rings is 3. The summed E-state index contributed by atoms with van der Waals surface area (Å²) < 4.78 is 0. The Kier molecular flexibility index (Phi) is 53.8. The largest absolute Gasteiger partial charge is 0.508 e. The number of nitrogens with two attached hydrogens (primary N) is 5. The molecule has 15 amide bonds. The first kappa shape index (κ1) is 119. The highest BCUT2D eigenvalue weighted by atomic mass is 16.3. The number of imidazole rings is 2. The van der Waals surface area contributed by atoms with E-state index in [1.54, 1.807) is 70.2 Å². The maximum Gasteiger partial charge on any atom is 0.245 e. The molecule has 2 heterocycles. The average molecular weight is 2000 g/mol. The number of rotatable bonds is 70. The summed E-state index contributed by atoms with van der Waals surface area (Å²) in [6.07, 6.45) is 15.2. The highest BCUT2D eigenvalue weighted by Gasteiger charge is 2.40. The van der Waals surface area contributed by atoms with Crippen molar-refractivity contribution in [1.29, 1.82) is 16.2 Å². The van der Waals surface area contributed by atoms with Crippen LogP contribution in [0.1, 0.15) is 217 Å². The maximum absolute atomic E-state index is 15.1. The number of amides is 15. The van der Waals surface area contributed by atoms with E-state index in [0.717, 1.165) is 39.0 Å². The van der Waals surface area contributed by atoms with Gasteiger partial charge in [0.25, 0.3) is 0 Å². The summed E-state index contributed by atoms with van der Waals surface area (Å²) in [6.45, 7) is 8.68. The van der Waals surface area contributed by atoms with Crippen LogP contribution in [0.2, 0.25) is 0 Å². The number of nitrogens with one attached hydrogen (secondary N) is 21. The van der Waals surface area contributed by atoms with Gasteiger partial charge in [-0.15, -0.1) is 0 Å². The molecule has 35 N–H and O–H groups in total. The molecule has 15 unspecified atom stereocenters. The molecule has 0 aliphatic carbocycles. The van der Waals surface area contributed by atoms with Crippen LogP contribution in [-0.2, 0) is 104 Å². The molecule has 0 fully saturated rings. The summed E-state index contributed by atoms with van der Waals surface area (Å²) in [4.78, 5) is 230. The molecular weight excluding hydrogens is 1850 g/mol. The highest BCUT2D eigenvalue weighted by molar-refractivity contribution is 6.01. The number of aromatic nitrogens is 4. The van der Waals surface area contributed by atoms with E-state index in [1.165, 1.54) is 106 Å². The van der Waals surface area contributed by atoms with E-state index >= 15 is 14.4 Å². The van der Waals surface area contributed by atoms with Gasteiger partial charge in [0.05, 0.1) is 31.8 Å². The fourth-order valence-electron chi connectivity index (χ4n) is 15.5. The van der Waals surface area contributed by atoms with Crippen molar-refractivity contribution in [1.82, 2.24) is 105 Å². The van der Waals surface area contributed by atoms with E-state index in [0.29, 0.717) is 28.8 Å². The summed E-state index contributed by atoms with van der Waals surface area (Å²) in [7, 11) is 0. The molecule has 2 aromatic heterocycles. The highest BCUT2D eigenvalue weighted by Crippen LogP contribution is 2.20. The first-order chi connectivity index (χ1) is 68.2. The van der Waals surface area contributed by atoms with Crippen LogP contribution in [0.5, 0.6) is 11.5 Å². The SMILES string of the molecule is CCCCCCCCCCCCCCCC(=O)NC(Cc1ccc(O)cc1)C(=O)NC(Cc1ccccc1)C(=O)NC(CCCNC(=N)N)C(=O)NC(CCCNC(=N)N)C(=O)NC(CC(C)C)C(=O)NC(Cc1cnc[nH]1)C(=O)NC(CO)C(=O)NC(C(=O)NC(CCCNC(=N)N)C(=O)NC(CC(N)=O)C(=O)NC(Cc1ccc(O)cc1)C(=O)NC(C(=O)NC(Cc1cnc[nH]1)C(N)=O)C(C)CC)C(C)O. The van der Waals surface area contributed by atoms with Gasteiger partial charge in [-0.3, -0.25) is 88.1 Å². The maximum atomic E-state index is 15.1. The molecule has 47 nitrogen and oxygen atoms in total. The van der Waals surface area contributed by atoms with Crippen LogP contribution in [0.25, 0.3) is 0 Å². The quantitative estimate of drug-likeness (QED) is 0.0119. The van der Waals surface area contributed by atoms with Crippen LogP contribution in [0, 0.1) is 28.1 Å². The molecule has 0 saturated heterocycles. The first-order valence-electron chi connectivity index (χ1n) is 48.8. The van der Waals surface area contributed by atoms with Gasteiger partial charge in [-0.2, -0.15) is 0 Å². The number of nitrogens with zero attached hydrogens (tertiary/aromatic N) is 2. The van der Waals surface area contributed by atoms with E-state index in [1.807, 2.05) is 0 Å². The lowest BCUT2D eigenvalue weighted by molar-refractivity contribution is -0.138. The van der Waals surface area contributed by atoms with Gasteiger partial charge in [0.15, 0.2) is 17.9 Å². The monoisotopic (exact) mass is 2000 g/mol. The van der Waals surface area contributed by atoms with Gasteiger partial charge in [0, 0.05) is 81.9 Å². The lowest BCUT2D eigenvalue weighted by Gasteiger charge is -2.29. The standard InChI is InChI=1S/C96H150N28O19/c1-7-9-10-11-12-13-14-15-16-17-18-19-23-32-78(130)112-71(46-60-33-37-64(127)38-34-60)86(136)118-72(45-59-27-21-20-22-28-59)87(137)114-66(29-24-41-107-94(99)100)82(132)113-67(30-25-42-108-95(101)102)83(133)117-70(44-56(3)4)85(135)120-74(49-63-52-106-55-111-63)88(138)122-76(53-125)91(141)124-80(58(6)126)93(143)115-68(31-26-43-109-96(103)104)84(134)121-75(50-77(97)129)89(139)119-73(47-61-35-39-65(128)40-36-61)90(140)123-79(57(5)8-2)92(142)116-69(81(98)131)48-62-51-105-54-110-62/h20-22,27-28,33-40,51-52,54-58,66-76,79-80,125-128H,7-19,23-26,29-32,41-50,53H2,1-6H3,(H2,97,129)(H2,98,131)(H,105,110)(H,106,111)(H,112,130)(H,113,132)(H,114,137)(H,115,143)(H,116,142)(H,117,133)(H,118,136)(H,119,139)(H,120,135)(H,121,134)(H,122,138)(H,123,140)(H,124,141)(H4,99,100,107)(H4,101,102,108)(H4,103,104,109). The molecule has 0 aliphatic heterocycles. The molecule has 0 bridgehead atoms. The van der Waals surface area contributed by atoms with Crippen molar-refractivity contribution < 1.29 is 92.3 Å². The van der Waals surface area contributed by atoms with Crippen LogP contribution < -0.4 is 114 Å². The number of aliphatic hydroxyl groups excluding tert-OH is 2. The smallest absolute Gasteiger partial charge is 0.245 e. The van der Waals surface area contributed by atoms with Gasteiger partial charge < -0.3 is 144 Å². The molecule has 0 aliphatic rings. The summed E-state index contributed by atoms with van der Waals surface area (Å²) in [5, 5.41) is 107. The zero-order valence-corrected chi connectivity index (χ0v) is 82.4. The fourth-order valence-corrected chi connectivity index (χ4v) is 15.5. The Bertz CT molecular complexity index is 4860. The minimum Gasteiger partial charge on any atom is -0.508 e. The van der Waals surface area contributed by atoms with Crippen LogP contribution in [0.4, 0.5) is 0 Å². The molecule has 0 spiro atoms. The lowest BCUT2D eigenvalue weighted by atomic mass is 9.96. The third-order valence-corrected chi connectivity index (χ3v) is 23.6. The summed E-state index contributed by atoms with van der Waals surface area (Å²) in [5.41, 5.74) is 30.3. The number of phenols is 2. The first-order valence-corrected chi connectivity index (χ1v) is 48.8. The van der Waals surface area contributed by atoms with Crippen LogP contribution in [0.15, 0.2) is 104 Å². The number of unbranched alkanes of at least 4 members (excludes halogenated alkanes) is 12. The Hall–Kier alpha value is -14.5. The van der Waals surface area contributed by atoms with Gasteiger partial charge in [-0.05, 0) is 111 Å². The van der Waals surface area contributed by atoms with Crippen LogP contribution >= 0.6 is 0 Å². The summed E-state index contributed by atoms with van der Waals surface area (Å²) in [6, 6.07) is -1.06. The second-order valence-corrected chi connectivity index (χ2v) is 36.1. The van der Waals surface area contributed by atoms with E-state index in [4.69, 9.17) is 44.9 Å². The minimum atomic E-state index is -2.06. The minimum absolute atomic E-state index is 0.0136. The van der Waals surface area contributed by atoms with Crippen molar-refractivity contribution in [3.8, 4) is 11.5 Å². The summed E-state index contributed by atoms with van der Waals surface area (Å²) in [5.74, 6) is -17.7. The molecule has 788 valence electrons. The van der Waals surface area contributed by atoms with E-state index in [2.05, 4.69) is 112 Å². The Morgan fingerprint density at radius 2 is 0.692 bits per heavy atom. The van der Waals surface area contributed by atoms with Gasteiger partial charge >= 0.3 is 0 Å². The number of carbonyl (C=O) groups excluding carboxylic acids is 15. The Balaban J connectivity index is 1.39. The van der Waals surface area contributed by atoms with Crippen LogP contribution in [0.3, 0.4) is 0 Å². The number of guanidine groups is 3. The second kappa shape index (κ2) is 64.7. The number of primary amides is 2. The van der Waals surface area contributed by atoms with E-state index in [-0.39, 0.29) is 120 Å². The number of hydrogen-bond donors (Lipinski definition) is 30. The van der Waals surface area contributed by atoms with Gasteiger partial charge in [-0.1, -0.05) is 173 Å². The lowest BCUT2D eigenvalue weighted by Crippen LogP contribution is -2.63. The second-order valence-electron chi connectivity index (χ2n) is 36.1. The van der Waals surface area contributed by atoms with Crippen molar-refractivity contribution in [2.24, 2.45) is 40.5 Å². The number of hydrogen-bond acceptors (Lipinski definition) is 24. The van der Waals surface area contributed by atoms with Gasteiger partial charge in [-0.25, -0.2) is 9.97 Å². The molecule has 143 heavy (non-hydrogen) atoms. The van der Waals surface area contributed by atoms with Gasteiger partial charge in [0.1, 0.15) is 90.0 Å². The Labute approximate surface area is 832 Å². The molecule has 0 radical (unpaired) electrons. The predicted octanol–water partition coefficient (Wildman–Crippen LogP) is -1.54.